The largest absolute Gasteiger partial charge is 0.454 e. The second-order valence-corrected chi connectivity index (χ2v) is 11.4. The van der Waals surface area contributed by atoms with E-state index in [0.717, 1.165) is 16.2 Å². The van der Waals surface area contributed by atoms with Gasteiger partial charge in [-0.3, -0.25) is 5.10 Å². The van der Waals surface area contributed by atoms with Gasteiger partial charge in [0.2, 0.25) is 16.8 Å². The van der Waals surface area contributed by atoms with Crippen LogP contribution in [0.15, 0.2) is 40.8 Å². The summed E-state index contributed by atoms with van der Waals surface area (Å²) in [7, 11) is -3.34. The maximum absolute atomic E-state index is 12.1. The summed E-state index contributed by atoms with van der Waals surface area (Å²) in [6, 6.07) is 5.67. The summed E-state index contributed by atoms with van der Waals surface area (Å²) < 4.78 is 39.9. The Kier molecular flexibility index (Phi) is 6.25. The number of H-pyrrole nitrogens is 1. The van der Waals surface area contributed by atoms with Gasteiger partial charge in [-0.2, -0.15) is 5.10 Å². The van der Waals surface area contributed by atoms with Crippen LogP contribution >= 0.6 is 11.8 Å². The van der Waals surface area contributed by atoms with Crippen LogP contribution < -0.4 is 19.9 Å². The molecule has 14 heteroatoms. The highest BCUT2D eigenvalue weighted by Crippen LogP contribution is 2.44. The van der Waals surface area contributed by atoms with Crippen molar-refractivity contribution in [1.82, 2.24) is 34.4 Å². The molecular formula is C21H24N8O4S2. The first-order valence-corrected chi connectivity index (χ1v) is 13.3. The number of nitrogens with two attached hydrogens (primary N) is 1. The van der Waals surface area contributed by atoms with Crippen LogP contribution in [0.1, 0.15) is 20.3 Å². The van der Waals surface area contributed by atoms with Crippen molar-refractivity contribution in [3.05, 3.63) is 30.7 Å². The number of hydrogen-bond acceptors (Lipinski definition) is 10. The quantitative estimate of drug-likeness (QED) is 0.281. The van der Waals surface area contributed by atoms with E-state index in [1.54, 1.807) is 20.0 Å². The molecule has 1 aliphatic rings. The van der Waals surface area contributed by atoms with E-state index in [0.29, 0.717) is 40.8 Å². The molecule has 184 valence electrons. The van der Waals surface area contributed by atoms with Gasteiger partial charge in [-0.1, -0.05) is 11.8 Å². The highest BCUT2D eigenvalue weighted by molar-refractivity contribution is 7.99. The fourth-order valence-electron chi connectivity index (χ4n) is 3.55. The molecule has 0 amide bonds. The molecule has 4 N–H and O–H groups in total. The third-order valence-electron chi connectivity index (χ3n) is 5.47. The summed E-state index contributed by atoms with van der Waals surface area (Å²) in [5.41, 5.74) is 8.84. The van der Waals surface area contributed by atoms with Crippen LogP contribution in [-0.2, 0) is 16.6 Å². The highest BCUT2D eigenvalue weighted by atomic mass is 32.2. The van der Waals surface area contributed by atoms with E-state index in [9.17, 15) is 8.42 Å². The number of imidazole rings is 1. The van der Waals surface area contributed by atoms with Gasteiger partial charge in [-0.05, 0) is 38.5 Å². The molecule has 0 bridgehead atoms. The standard InChI is InChI=1S/C21H24N8O4S2/c1-12(2)35(30,31)26-5-3-7-29-20-18(19(22)23-10-24-20)27-21(29)34-17-9-16-15(32-11-33-16)8-13(17)14-4-6-25-28-14/h4,6,8-10,12,26H,3,5,7,11H2,1-2H3,(H,25,28)(H2,22,23,24). The molecule has 3 aromatic heterocycles. The second-order valence-electron chi connectivity index (χ2n) is 8.09. The molecule has 5 rings (SSSR count). The van der Waals surface area contributed by atoms with Crippen molar-refractivity contribution in [2.75, 3.05) is 19.1 Å². The lowest BCUT2D eigenvalue weighted by Crippen LogP contribution is -2.31. The van der Waals surface area contributed by atoms with Gasteiger partial charge in [0.15, 0.2) is 33.6 Å². The van der Waals surface area contributed by atoms with Crippen molar-refractivity contribution in [2.45, 2.75) is 42.1 Å². The third-order valence-corrected chi connectivity index (χ3v) is 8.37. The van der Waals surface area contributed by atoms with Crippen molar-refractivity contribution in [3.63, 3.8) is 0 Å². The van der Waals surface area contributed by atoms with Crippen LogP contribution in [-0.4, -0.2) is 56.7 Å². The Hall–Kier alpha value is -3.36. The van der Waals surface area contributed by atoms with Crippen LogP contribution in [0.4, 0.5) is 5.82 Å². The Balaban J connectivity index is 1.49. The second kappa shape index (κ2) is 9.36. The summed E-state index contributed by atoms with van der Waals surface area (Å²) in [4.78, 5) is 14.0. The van der Waals surface area contributed by atoms with Crippen LogP contribution in [0.25, 0.3) is 22.4 Å². The van der Waals surface area contributed by atoms with Gasteiger partial charge in [-0.15, -0.1) is 0 Å². The monoisotopic (exact) mass is 516 g/mol. The number of fused-ring (bicyclic) bond motifs is 2. The average Bonchev–Trinajstić information content (AvgIpc) is 3.57. The first-order chi connectivity index (χ1) is 16.8. The number of sulfonamides is 1. The summed E-state index contributed by atoms with van der Waals surface area (Å²) >= 11 is 1.41. The molecular weight excluding hydrogens is 492 g/mol. The summed E-state index contributed by atoms with van der Waals surface area (Å²) in [6.45, 7) is 4.20. The molecule has 0 saturated carbocycles. The number of benzene rings is 1. The number of aryl methyl sites for hydroxylation is 1. The Morgan fingerprint density at radius 2 is 2.06 bits per heavy atom. The molecule has 1 aromatic carbocycles. The zero-order valence-electron chi connectivity index (χ0n) is 19.1. The van der Waals surface area contributed by atoms with Crippen molar-refractivity contribution >= 4 is 38.8 Å². The Bertz CT molecular complexity index is 1470. The Morgan fingerprint density at radius 1 is 1.26 bits per heavy atom. The first-order valence-electron chi connectivity index (χ1n) is 10.9. The van der Waals surface area contributed by atoms with Crippen LogP contribution in [0.3, 0.4) is 0 Å². The topological polar surface area (TPSA) is 163 Å². The number of anilines is 1. The minimum Gasteiger partial charge on any atom is -0.454 e. The number of nitrogens with one attached hydrogen (secondary N) is 2. The molecule has 0 aliphatic carbocycles. The molecule has 4 heterocycles. The SMILES string of the molecule is CC(C)S(=O)(=O)NCCCn1c(Sc2cc3c(cc2-c2ccn[nH]2)OCO3)nc2c(N)ncnc21. The minimum absolute atomic E-state index is 0.156. The van der Waals surface area contributed by atoms with E-state index in [-0.39, 0.29) is 19.2 Å². The molecule has 0 fully saturated rings. The van der Waals surface area contributed by atoms with Crippen molar-refractivity contribution in [3.8, 4) is 22.8 Å². The number of rotatable bonds is 9. The Labute approximate surface area is 205 Å². The number of nitrogens with zero attached hydrogens (tertiary/aromatic N) is 5. The molecule has 0 unspecified atom stereocenters. The van der Waals surface area contributed by atoms with Gasteiger partial charge in [0.1, 0.15) is 6.33 Å². The summed E-state index contributed by atoms with van der Waals surface area (Å²) in [5.74, 6) is 1.57. The lowest BCUT2D eigenvalue weighted by molar-refractivity contribution is 0.174. The van der Waals surface area contributed by atoms with Crippen molar-refractivity contribution < 1.29 is 17.9 Å². The molecule has 0 saturated heterocycles. The molecule has 0 radical (unpaired) electrons. The highest BCUT2D eigenvalue weighted by Gasteiger charge is 2.23. The summed E-state index contributed by atoms with van der Waals surface area (Å²) in [5, 5.41) is 7.20. The first kappa shape index (κ1) is 23.4. The summed E-state index contributed by atoms with van der Waals surface area (Å²) in [6.07, 6.45) is 3.60. The van der Waals surface area contributed by atoms with E-state index in [2.05, 4.69) is 24.9 Å². The number of ether oxygens (including phenoxy) is 2. The van der Waals surface area contributed by atoms with Gasteiger partial charge >= 0.3 is 0 Å². The maximum Gasteiger partial charge on any atom is 0.231 e. The molecule has 4 aromatic rings. The van der Waals surface area contributed by atoms with Crippen molar-refractivity contribution in [1.29, 1.82) is 0 Å². The van der Waals surface area contributed by atoms with Crippen LogP contribution in [0.5, 0.6) is 11.5 Å². The number of aromatic amines is 1. The predicted octanol–water partition coefficient (Wildman–Crippen LogP) is 2.40. The predicted molar refractivity (Wildman–Crippen MR) is 131 cm³/mol. The van der Waals surface area contributed by atoms with Crippen molar-refractivity contribution in [2.24, 2.45) is 0 Å². The number of nitrogen functional groups attached to an aromatic ring is 1. The molecule has 12 nitrogen and oxygen atoms in total. The molecule has 35 heavy (non-hydrogen) atoms. The smallest absolute Gasteiger partial charge is 0.231 e. The lowest BCUT2D eigenvalue weighted by atomic mass is 10.1. The van der Waals surface area contributed by atoms with Gasteiger partial charge in [-0.25, -0.2) is 28.1 Å². The normalized spacial score (nSPS) is 13.2. The number of aromatic nitrogens is 6. The van der Waals surface area contributed by atoms with E-state index < -0.39 is 15.3 Å². The maximum atomic E-state index is 12.1. The molecule has 0 atom stereocenters. The van der Waals surface area contributed by atoms with E-state index in [4.69, 9.17) is 20.2 Å². The van der Waals surface area contributed by atoms with Crippen LogP contribution in [0, 0.1) is 0 Å². The van der Waals surface area contributed by atoms with Crippen LogP contribution in [0.2, 0.25) is 0 Å². The minimum atomic E-state index is -3.34. The van der Waals surface area contributed by atoms with Gasteiger partial charge in [0.25, 0.3) is 0 Å². The van der Waals surface area contributed by atoms with E-state index >= 15 is 0 Å². The number of hydrogen-bond donors (Lipinski definition) is 3. The third kappa shape index (κ3) is 4.63. The van der Waals surface area contributed by atoms with E-state index in [1.165, 1.54) is 18.1 Å². The fourth-order valence-corrected chi connectivity index (χ4v) is 5.38. The average molecular weight is 517 g/mol. The molecule has 1 aliphatic heterocycles. The lowest BCUT2D eigenvalue weighted by Gasteiger charge is -2.12. The zero-order valence-corrected chi connectivity index (χ0v) is 20.7. The van der Waals surface area contributed by atoms with Gasteiger partial charge in [0.05, 0.1) is 10.9 Å². The van der Waals surface area contributed by atoms with Gasteiger partial charge < -0.3 is 19.8 Å². The van der Waals surface area contributed by atoms with E-state index in [1.807, 2.05) is 22.8 Å². The van der Waals surface area contributed by atoms with Gasteiger partial charge in [0, 0.05) is 29.7 Å². The fraction of sp³-hybridized carbons (Fsp3) is 0.333. The Morgan fingerprint density at radius 3 is 2.80 bits per heavy atom. The molecule has 0 spiro atoms. The zero-order chi connectivity index (χ0) is 24.6.